The van der Waals surface area contributed by atoms with Gasteiger partial charge < -0.3 is 9.84 Å². The summed E-state index contributed by atoms with van der Waals surface area (Å²) in [7, 11) is 0. The van der Waals surface area contributed by atoms with Crippen molar-refractivity contribution in [2.24, 2.45) is 11.8 Å². The lowest BCUT2D eigenvalue weighted by Crippen LogP contribution is -2.44. The van der Waals surface area contributed by atoms with Gasteiger partial charge in [-0.15, -0.1) is 0 Å². The van der Waals surface area contributed by atoms with Crippen LogP contribution in [0.3, 0.4) is 0 Å². The van der Waals surface area contributed by atoms with E-state index in [1.54, 1.807) is 0 Å². The molecule has 2 heterocycles. The number of carboxylic acid groups (broad SMARTS) is 1. The Hall–Kier alpha value is -0.220. The van der Waals surface area contributed by atoms with Crippen molar-refractivity contribution in [1.82, 2.24) is 0 Å². The molecule has 2 saturated heterocycles. The van der Waals surface area contributed by atoms with Crippen LogP contribution in [0.4, 0.5) is 0 Å². The van der Waals surface area contributed by atoms with E-state index >= 15 is 0 Å². The van der Waals surface area contributed by atoms with Crippen molar-refractivity contribution in [1.29, 1.82) is 0 Å². The number of carbonyl (C=O) groups is 1. The molecule has 0 radical (unpaired) electrons. The molecule has 3 nitrogen and oxygen atoms in total. The van der Waals surface area contributed by atoms with E-state index < -0.39 is 5.97 Å². The number of rotatable bonds is 3. The minimum atomic E-state index is -0.669. The van der Waals surface area contributed by atoms with Crippen LogP contribution in [0, 0.1) is 11.8 Å². The second-order valence-electron chi connectivity index (χ2n) is 5.47. The number of carboxylic acids is 1. The SMILES string of the molecule is CC(CC(=O)O)C1CCOC2(CCSCC2)C1. The molecular formula is C13H22O3S. The topological polar surface area (TPSA) is 46.5 Å². The van der Waals surface area contributed by atoms with Gasteiger partial charge in [-0.2, -0.15) is 11.8 Å². The molecule has 1 spiro atoms. The van der Waals surface area contributed by atoms with Crippen LogP contribution in [-0.2, 0) is 9.53 Å². The first kappa shape index (κ1) is 13.2. The van der Waals surface area contributed by atoms with Crippen LogP contribution >= 0.6 is 11.8 Å². The molecule has 0 amide bonds. The lowest BCUT2D eigenvalue weighted by atomic mass is 9.76. The first-order valence-electron chi connectivity index (χ1n) is 6.55. The zero-order valence-corrected chi connectivity index (χ0v) is 11.3. The molecule has 1 N–H and O–H groups in total. The molecule has 2 unspecified atom stereocenters. The Morgan fingerprint density at radius 2 is 2.24 bits per heavy atom. The highest BCUT2D eigenvalue weighted by molar-refractivity contribution is 7.99. The highest BCUT2D eigenvalue weighted by Crippen LogP contribution is 2.42. The molecule has 2 atom stereocenters. The van der Waals surface area contributed by atoms with Crippen molar-refractivity contribution in [3.63, 3.8) is 0 Å². The van der Waals surface area contributed by atoms with Crippen molar-refractivity contribution in [2.75, 3.05) is 18.1 Å². The second-order valence-corrected chi connectivity index (χ2v) is 6.70. The normalized spacial score (nSPS) is 30.1. The smallest absolute Gasteiger partial charge is 0.303 e. The molecule has 0 bridgehead atoms. The first-order chi connectivity index (χ1) is 8.11. The number of hydrogen-bond acceptors (Lipinski definition) is 3. The fourth-order valence-electron chi connectivity index (χ4n) is 3.09. The van der Waals surface area contributed by atoms with Crippen molar-refractivity contribution >= 4 is 17.7 Å². The van der Waals surface area contributed by atoms with Gasteiger partial charge >= 0.3 is 5.97 Å². The number of aliphatic carboxylic acids is 1. The highest BCUT2D eigenvalue weighted by Gasteiger charge is 2.40. The zero-order valence-electron chi connectivity index (χ0n) is 10.5. The Balaban J connectivity index is 1.93. The molecule has 2 fully saturated rings. The molecular weight excluding hydrogens is 236 g/mol. The van der Waals surface area contributed by atoms with Gasteiger partial charge in [0.15, 0.2) is 0 Å². The molecule has 0 aliphatic carbocycles. The van der Waals surface area contributed by atoms with Gasteiger partial charge in [0.1, 0.15) is 0 Å². The molecule has 98 valence electrons. The molecule has 2 aliphatic rings. The summed E-state index contributed by atoms with van der Waals surface area (Å²) in [5, 5.41) is 8.88. The van der Waals surface area contributed by atoms with Gasteiger partial charge in [0, 0.05) is 13.0 Å². The quantitative estimate of drug-likeness (QED) is 0.845. The summed E-state index contributed by atoms with van der Waals surface area (Å²) in [6.07, 6.45) is 4.70. The average molecular weight is 258 g/mol. The molecule has 2 rings (SSSR count). The van der Waals surface area contributed by atoms with Crippen LogP contribution in [-0.4, -0.2) is 34.8 Å². The van der Waals surface area contributed by atoms with Crippen molar-refractivity contribution in [3.8, 4) is 0 Å². The predicted octanol–water partition coefficient (Wildman–Crippen LogP) is 2.79. The van der Waals surface area contributed by atoms with Crippen LogP contribution < -0.4 is 0 Å². The standard InChI is InChI=1S/C13H22O3S/c1-10(8-12(14)15)11-2-5-16-13(9-11)3-6-17-7-4-13/h10-11H,2-9H2,1H3,(H,14,15). The largest absolute Gasteiger partial charge is 0.481 e. The molecule has 17 heavy (non-hydrogen) atoms. The Morgan fingerprint density at radius 3 is 2.88 bits per heavy atom. The monoisotopic (exact) mass is 258 g/mol. The third-order valence-electron chi connectivity index (χ3n) is 4.24. The van der Waals surface area contributed by atoms with E-state index in [-0.39, 0.29) is 11.5 Å². The predicted molar refractivity (Wildman–Crippen MR) is 69.4 cm³/mol. The summed E-state index contributed by atoms with van der Waals surface area (Å²) in [5.41, 5.74) is 0.0843. The maximum absolute atomic E-state index is 10.8. The lowest BCUT2D eigenvalue weighted by Gasteiger charge is -2.44. The number of ether oxygens (including phenoxy) is 1. The molecule has 0 aromatic rings. The maximum Gasteiger partial charge on any atom is 0.303 e. The van der Waals surface area contributed by atoms with E-state index in [9.17, 15) is 4.79 Å². The molecule has 4 heteroatoms. The zero-order chi connectivity index (χ0) is 12.3. The van der Waals surface area contributed by atoms with Gasteiger partial charge in [0.2, 0.25) is 0 Å². The maximum atomic E-state index is 10.8. The van der Waals surface area contributed by atoms with Crippen molar-refractivity contribution in [2.45, 2.75) is 44.6 Å². The van der Waals surface area contributed by atoms with Crippen molar-refractivity contribution in [3.05, 3.63) is 0 Å². The summed E-state index contributed by atoms with van der Waals surface area (Å²) in [5.74, 6) is 2.53. The molecule has 0 aromatic heterocycles. The Bertz CT molecular complexity index is 268. The molecule has 2 aliphatic heterocycles. The Kier molecular flexibility index (Phi) is 4.36. The summed E-state index contributed by atoms with van der Waals surface area (Å²) >= 11 is 2.01. The van der Waals surface area contributed by atoms with Gasteiger partial charge in [0.25, 0.3) is 0 Å². The number of hydrogen-bond donors (Lipinski definition) is 1. The lowest BCUT2D eigenvalue weighted by molar-refractivity contribution is -0.141. The highest BCUT2D eigenvalue weighted by atomic mass is 32.2. The van der Waals surface area contributed by atoms with E-state index in [1.165, 1.54) is 11.5 Å². The third kappa shape index (κ3) is 3.38. The van der Waals surface area contributed by atoms with E-state index in [0.717, 1.165) is 32.3 Å². The molecule has 0 aromatic carbocycles. The fraction of sp³-hybridized carbons (Fsp3) is 0.923. The van der Waals surface area contributed by atoms with Gasteiger partial charge in [0.05, 0.1) is 5.60 Å². The Labute approximate surface area is 107 Å². The van der Waals surface area contributed by atoms with E-state index in [1.807, 2.05) is 11.8 Å². The van der Waals surface area contributed by atoms with Gasteiger partial charge in [-0.25, -0.2) is 0 Å². The number of thioether (sulfide) groups is 1. The van der Waals surface area contributed by atoms with E-state index in [4.69, 9.17) is 9.84 Å². The van der Waals surface area contributed by atoms with Gasteiger partial charge in [-0.3, -0.25) is 4.79 Å². The van der Waals surface area contributed by atoms with Crippen LogP contribution in [0.15, 0.2) is 0 Å². The summed E-state index contributed by atoms with van der Waals surface area (Å²) in [6.45, 7) is 2.90. The third-order valence-corrected chi connectivity index (χ3v) is 5.22. The second kappa shape index (κ2) is 5.61. The van der Waals surface area contributed by atoms with Gasteiger partial charge in [-0.05, 0) is 49.0 Å². The molecule has 0 saturated carbocycles. The van der Waals surface area contributed by atoms with E-state index in [0.29, 0.717) is 12.3 Å². The minimum Gasteiger partial charge on any atom is -0.481 e. The summed E-state index contributed by atoms with van der Waals surface area (Å²) in [4.78, 5) is 10.8. The average Bonchev–Trinajstić information content (AvgIpc) is 2.29. The Morgan fingerprint density at radius 1 is 1.53 bits per heavy atom. The van der Waals surface area contributed by atoms with Crippen LogP contribution in [0.5, 0.6) is 0 Å². The van der Waals surface area contributed by atoms with Crippen LogP contribution in [0.2, 0.25) is 0 Å². The van der Waals surface area contributed by atoms with Gasteiger partial charge in [-0.1, -0.05) is 6.92 Å². The minimum absolute atomic E-state index is 0.0843. The summed E-state index contributed by atoms with van der Waals surface area (Å²) < 4.78 is 6.03. The fourth-order valence-corrected chi connectivity index (χ4v) is 4.32. The van der Waals surface area contributed by atoms with Crippen molar-refractivity contribution < 1.29 is 14.6 Å². The summed E-state index contributed by atoms with van der Waals surface area (Å²) in [6, 6.07) is 0. The van der Waals surface area contributed by atoms with Crippen LogP contribution in [0.1, 0.15) is 39.0 Å². The van der Waals surface area contributed by atoms with E-state index in [2.05, 4.69) is 6.92 Å². The first-order valence-corrected chi connectivity index (χ1v) is 7.70. The van der Waals surface area contributed by atoms with Crippen LogP contribution in [0.25, 0.3) is 0 Å².